The van der Waals surface area contributed by atoms with Crippen molar-refractivity contribution in [3.8, 4) is 0 Å². The second-order valence-corrected chi connectivity index (χ2v) is 8.26. The van der Waals surface area contributed by atoms with Crippen LogP contribution in [0.4, 0.5) is 0 Å². The first kappa shape index (κ1) is 15.7. The van der Waals surface area contributed by atoms with E-state index >= 15 is 0 Å². The summed E-state index contributed by atoms with van der Waals surface area (Å²) in [4.78, 5) is 0. The topological polar surface area (TPSA) is 0 Å². The van der Waals surface area contributed by atoms with Crippen LogP contribution in [0.1, 0.15) is 50.2 Å². The van der Waals surface area contributed by atoms with Crippen molar-refractivity contribution in [1.29, 1.82) is 0 Å². The fourth-order valence-electron chi connectivity index (χ4n) is 5.69. The molecule has 2 aliphatic rings. The average Bonchev–Trinajstić information content (AvgIpc) is 3.12. The van der Waals surface area contributed by atoms with Crippen LogP contribution >= 0.6 is 0 Å². The summed E-state index contributed by atoms with van der Waals surface area (Å²) >= 11 is 0. The van der Waals surface area contributed by atoms with Gasteiger partial charge in [0.1, 0.15) is 0 Å². The lowest BCUT2D eigenvalue weighted by Crippen LogP contribution is -2.25. The second-order valence-electron chi connectivity index (χ2n) is 8.26. The maximum atomic E-state index is 2.53. The van der Waals surface area contributed by atoms with E-state index in [2.05, 4.69) is 86.7 Å². The Morgan fingerprint density at radius 3 is 2.17 bits per heavy atom. The van der Waals surface area contributed by atoms with Crippen LogP contribution in [0, 0.1) is 23.2 Å². The molecule has 4 atom stereocenters. The summed E-state index contributed by atoms with van der Waals surface area (Å²) < 4.78 is 0. The van der Waals surface area contributed by atoms with Crippen LogP contribution in [0.5, 0.6) is 0 Å². The van der Waals surface area contributed by atoms with E-state index in [-0.39, 0.29) is 0 Å². The molecule has 0 radical (unpaired) electrons. The third-order valence-corrected chi connectivity index (χ3v) is 6.63. The first-order chi connectivity index (χ1) is 11.7. The Bertz CT molecular complexity index is 695. The third kappa shape index (κ3) is 2.62. The van der Waals surface area contributed by atoms with Crippen molar-refractivity contribution in [2.24, 2.45) is 23.2 Å². The summed E-state index contributed by atoms with van der Waals surface area (Å²) in [5, 5.41) is 0. The highest BCUT2D eigenvalue weighted by Crippen LogP contribution is 2.64. The van der Waals surface area contributed by atoms with Crippen LogP contribution in [-0.4, -0.2) is 0 Å². The molecule has 0 bridgehead atoms. The SMILES string of the molecule is CC1(C)C(/C=C/c2ccccc2)C2CCCC2C1c1ccccc1. The summed E-state index contributed by atoms with van der Waals surface area (Å²) in [5.41, 5.74) is 3.20. The average molecular weight is 316 g/mol. The Morgan fingerprint density at radius 2 is 1.46 bits per heavy atom. The van der Waals surface area contributed by atoms with Crippen molar-refractivity contribution in [3.63, 3.8) is 0 Å². The molecule has 4 unspecified atom stereocenters. The molecular weight excluding hydrogens is 288 g/mol. The van der Waals surface area contributed by atoms with Crippen molar-refractivity contribution >= 4 is 6.08 Å². The van der Waals surface area contributed by atoms with Crippen LogP contribution in [0.25, 0.3) is 6.08 Å². The lowest BCUT2D eigenvalue weighted by Gasteiger charge is -2.34. The van der Waals surface area contributed by atoms with Gasteiger partial charge in [0, 0.05) is 0 Å². The van der Waals surface area contributed by atoms with Gasteiger partial charge < -0.3 is 0 Å². The molecule has 4 rings (SSSR count). The van der Waals surface area contributed by atoms with Gasteiger partial charge in [0.15, 0.2) is 0 Å². The molecule has 2 fully saturated rings. The van der Waals surface area contributed by atoms with Crippen LogP contribution < -0.4 is 0 Å². The number of fused-ring (bicyclic) bond motifs is 1. The fraction of sp³-hybridized carbons (Fsp3) is 0.417. The van der Waals surface area contributed by atoms with Crippen molar-refractivity contribution in [2.75, 3.05) is 0 Å². The lowest BCUT2D eigenvalue weighted by molar-refractivity contribution is 0.239. The number of allylic oxidation sites excluding steroid dienone is 1. The summed E-state index contributed by atoms with van der Waals surface area (Å²) in [6.45, 7) is 5.01. The molecule has 2 saturated carbocycles. The first-order valence-corrected chi connectivity index (χ1v) is 9.46. The molecule has 24 heavy (non-hydrogen) atoms. The minimum Gasteiger partial charge on any atom is -0.0800 e. The highest BCUT2D eigenvalue weighted by atomic mass is 14.6. The first-order valence-electron chi connectivity index (χ1n) is 9.46. The van der Waals surface area contributed by atoms with Crippen molar-refractivity contribution < 1.29 is 0 Å². The van der Waals surface area contributed by atoms with Crippen molar-refractivity contribution in [1.82, 2.24) is 0 Å². The Balaban J connectivity index is 1.68. The third-order valence-electron chi connectivity index (χ3n) is 6.63. The molecule has 2 aliphatic carbocycles. The predicted octanol–water partition coefficient (Wildman–Crippen LogP) is 6.56. The highest BCUT2D eigenvalue weighted by molar-refractivity contribution is 5.50. The maximum absolute atomic E-state index is 2.53. The smallest absolute Gasteiger partial charge is 0.00737 e. The molecule has 0 heterocycles. The van der Waals surface area contributed by atoms with E-state index in [0.29, 0.717) is 17.3 Å². The van der Waals surface area contributed by atoms with Gasteiger partial charge in [-0.3, -0.25) is 0 Å². The molecule has 0 spiro atoms. The van der Waals surface area contributed by atoms with Crippen LogP contribution in [0.3, 0.4) is 0 Å². The van der Waals surface area contributed by atoms with Gasteiger partial charge in [-0.1, -0.05) is 93.1 Å². The molecule has 0 amide bonds. The van der Waals surface area contributed by atoms with E-state index in [9.17, 15) is 0 Å². The van der Waals surface area contributed by atoms with E-state index in [4.69, 9.17) is 0 Å². The Hall–Kier alpha value is -1.82. The van der Waals surface area contributed by atoms with Gasteiger partial charge in [-0.25, -0.2) is 0 Å². The second kappa shape index (κ2) is 6.24. The number of hydrogen-bond donors (Lipinski definition) is 0. The van der Waals surface area contributed by atoms with Crippen LogP contribution in [0.2, 0.25) is 0 Å². The molecule has 0 aliphatic heterocycles. The molecule has 0 saturated heterocycles. The van der Waals surface area contributed by atoms with E-state index in [1.54, 1.807) is 5.56 Å². The Morgan fingerprint density at radius 1 is 0.833 bits per heavy atom. The zero-order valence-electron chi connectivity index (χ0n) is 14.9. The standard InChI is InChI=1S/C24H28/c1-24(2)22(17-16-18-10-5-3-6-11-18)20-14-9-15-21(20)23(24)19-12-7-4-8-13-19/h3-8,10-13,16-17,20-23H,9,14-15H2,1-2H3/b17-16+. The van der Waals surface area contributed by atoms with Gasteiger partial charge in [-0.05, 0) is 53.1 Å². The minimum absolute atomic E-state index is 0.322. The molecule has 0 N–H and O–H groups in total. The quantitative estimate of drug-likeness (QED) is 0.602. The fourth-order valence-corrected chi connectivity index (χ4v) is 5.69. The molecule has 0 nitrogen and oxygen atoms in total. The molecule has 0 aromatic heterocycles. The van der Waals surface area contributed by atoms with Gasteiger partial charge in [-0.2, -0.15) is 0 Å². The van der Waals surface area contributed by atoms with E-state index in [0.717, 1.165) is 11.8 Å². The molecule has 2 aromatic rings. The Labute approximate surface area is 146 Å². The summed E-state index contributed by atoms with van der Waals surface area (Å²) in [5.74, 6) is 3.07. The van der Waals surface area contributed by atoms with Crippen LogP contribution in [-0.2, 0) is 0 Å². The van der Waals surface area contributed by atoms with Gasteiger partial charge in [0.05, 0.1) is 0 Å². The van der Waals surface area contributed by atoms with Gasteiger partial charge in [0.25, 0.3) is 0 Å². The zero-order chi connectivity index (χ0) is 16.6. The largest absolute Gasteiger partial charge is 0.0800 e. The lowest BCUT2D eigenvalue weighted by atomic mass is 9.70. The van der Waals surface area contributed by atoms with Gasteiger partial charge >= 0.3 is 0 Å². The van der Waals surface area contributed by atoms with Crippen LogP contribution in [0.15, 0.2) is 66.7 Å². The van der Waals surface area contributed by atoms with E-state index in [1.807, 2.05) is 0 Å². The Kier molecular flexibility index (Phi) is 4.08. The molecule has 2 aromatic carbocycles. The molecule has 0 heteroatoms. The number of benzene rings is 2. The molecule has 124 valence electrons. The normalized spacial score (nSPS) is 31.4. The molecular formula is C24H28. The maximum Gasteiger partial charge on any atom is -0.00737 e. The van der Waals surface area contributed by atoms with Crippen molar-refractivity contribution in [3.05, 3.63) is 77.9 Å². The van der Waals surface area contributed by atoms with Crippen molar-refractivity contribution in [2.45, 2.75) is 39.0 Å². The van der Waals surface area contributed by atoms with Gasteiger partial charge in [0.2, 0.25) is 0 Å². The van der Waals surface area contributed by atoms with Gasteiger partial charge in [-0.15, -0.1) is 0 Å². The summed E-state index contributed by atoms with van der Waals surface area (Å²) in [6.07, 6.45) is 9.10. The predicted molar refractivity (Wildman–Crippen MR) is 103 cm³/mol. The summed E-state index contributed by atoms with van der Waals surface area (Å²) in [7, 11) is 0. The number of rotatable bonds is 3. The zero-order valence-corrected chi connectivity index (χ0v) is 14.9. The number of hydrogen-bond acceptors (Lipinski definition) is 0. The highest BCUT2D eigenvalue weighted by Gasteiger charge is 2.55. The minimum atomic E-state index is 0.322. The van der Waals surface area contributed by atoms with E-state index in [1.165, 1.54) is 24.8 Å². The van der Waals surface area contributed by atoms with E-state index < -0.39 is 0 Å². The monoisotopic (exact) mass is 316 g/mol. The summed E-state index contributed by atoms with van der Waals surface area (Å²) in [6, 6.07) is 22.0.